The predicted octanol–water partition coefficient (Wildman–Crippen LogP) is 1.33. The maximum atomic E-state index is 12.5. The Bertz CT molecular complexity index is 887. The third-order valence-electron chi connectivity index (χ3n) is 4.32. The Morgan fingerprint density at radius 3 is 2.50 bits per heavy atom. The molecule has 1 fully saturated rings. The first kappa shape index (κ1) is 16.2. The molecule has 1 aliphatic rings. The highest BCUT2D eigenvalue weighted by Crippen LogP contribution is 2.17. The maximum absolute atomic E-state index is 12.5. The minimum absolute atomic E-state index is 0.0265. The summed E-state index contributed by atoms with van der Waals surface area (Å²) < 4.78 is 1.72. The molecule has 0 aromatic carbocycles. The fourth-order valence-electron chi connectivity index (χ4n) is 3.01. The molecule has 0 bridgehead atoms. The average Bonchev–Trinajstić information content (AvgIpc) is 3.23. The van der Waals surface area contributed by atoms with Crippen molar-refractivity contribution in [1.29, 1.82) is 0 Å². The first-order valence-electron chi connectivity index (χ1n) is 8.52. The summed E-state index contributed by atoms with van der Waals surface area (Å²) in [7, 11) is 0. The second kappa shape index (κ2) is 6.91. The summed E-state index contributed by atoms with van der Waals surface area (Å²) in [5, 5.41) is 4.23. The van der Waals surface area contributed by atoms with E-state index in [2.05, 4.69) is 25.0 Å². The molecule has 0 atom stereocenters. The van der Waals surface area contributed by atoms with Crippen LogP contribution < -0.4 is 4.90 Å². The van der Waals surface area contributed by atoms with E-state index in [9.17, 15) is 4.79 Å². The number of aryl methyl sites for hydroxylation is 1. The van der Waals surface area contributed by atoms with Crippen molar-refractivity contribution in [2.45, 2.75) is 6.92 Å². The molecule has 0 N–H and O–H groups in total. The van der Waals surface area contributed by atoms with Crippen LogP contribution in [0.1, 0.15) is 16.3 Å². The minimum atomic E-state index is -0.0265. The van der Waals surface area contributed by atoms with Crippen molar-refractivity contribution in [2.75, 3.05) is 31.1 Å². The number of piperazine rings is 1. The quantitative estimate of drug-likeness (QED) is 0.710. The number of hydrogen-bond donors (Lipinski definition) is 0. The van der Waals surface area contributed by atoms with E-state index in [1.807, 2.05) is 42.3 Å². The van der Waals surface area contributed by atoms with Crippen LogP contribution in [0.15, 0.2) is 48.9 Å². The Morgan fingerprint density at radius 1 is 1.00 bits per heavy atom. The van der Waals surface area contributed by atoms with Gasteiger partial charge in [0.05, 0.1) is 0 Å². The Hall–Kier alpha value is -3.29. The standard InChI is InChI=1S/C18H19N7O/c1-14-21-16(13-17(22-14)25-8-4-7-20-25)23-9-11-24(12-10-23)18(26)15-5-2-3-6-19-15/h2-8,13H,9-12H2,1H3. The van der Waals surface area contributed by atoms with E-state index >= 15 is 0 Å². The number of rotatable bonds is 3. The second-order valence-corrected chi connectivity index (χ2v) is 6.08. The third kappa shape index (κ3) is 3.26. The molecule has 3 aromatic rings. The lowest BCUT2D eigenvalue weighted by atomic mass is 10.2. The molecule has 0 saturated carbocycles. The van der Waals surface area contributed by atoms with Crippen LogP contribution in [-0.4, -0.2) is 61.7 Å². The van der Waals surface area contributed by atoms with Crippen LogP contribution in [0.4, 0.5) is 5.82 Å². The van der Waals surface area contributed by atoms with E-state index < -0.39 is 0 Å². The minimum Gasteiger partial charge on any atom is -0.353 e. The maximum Gasteiger partial charge on any atom is 0.272 e. The van der Waals surface area contributed by atoms with Crippen molar-refractivity contribution in [1.82, 2.24) is 29.6 Å². The van der Waals surface area contributed by atoms with Gasteiger partial charge in [-0.3, -0.25) is 9.78 Å². The molecule has 1 amide bonds. The number of aromatic nitrogens is 5. The van der Waals surface area contributed by atoms with Gasteiger partial charge in [-0.25, -0.2) is 14.6 Å². The molecule has 8 nitrogen and oxygen atoms in total. The smallest absolute Gasteiger partial charge is 0.272 e. The fraction of sp³-hybridized carbons (Fsp3) is 0.278. The van der Waals surface area contributed by atoms with Crippen LogP contribution in [0.3, 0.4) is 0 Å². The highest BCUT2D eigenvalue weighted by molar-refractivity contribution is 5.92. The van der Waals surface area contributed by atoms with Gasteiger partial charge < -0.3 is 9.80 Å². The van der Waals surface area contributed by atoms with Crippen molar-refractivity contribution in [3.8, 4) is 5.82 Å². The number of anilines is 1. The first-order valence-corrected chi connectivity index (χ1v) is 8.52. The Labute approximate surface area is 151 Å². The second-order valence-electron chi connectivity index (χ2n) is 6.08. The van der Waals surface area contributed by atoms with Gasteiger partial charge in [-0.05, 0) is 25.1 Å². The van der Waals surface area contributed by atoms with E-state index in [1.165, 1.54) is 0 Å². The molecular weight excluding hydrogens is 330 g/mol. The monoisotopic (exact) mass is 349 g/mol. The lowest BCUT2D eigenvalue weighted by Gasteiger charge is -2.35. The van der Waals surface area contributed by atoms with E-state index in [0.29, 0.717) is 37.7 Å². The summed E-state index contributed by atoms with van der Waals surface area (Å²) in [5.41, 5.74) is 0.486. The van der Waals surface area contributed by atoms with E-state index in [1.54, 1.807) is 23.1 Å². The van der Waals surface area contributed by atoms with E-state index in [0.717, 1.165) is 11.6 Å². The molecule has 3 aromatic heterocycles. The Morgan fingerprint density at radius 2 is 1.81 bits per heavy atom. The highest BCUT2D eigenvalue weighted by Gasteiger charge is 2.24. The van der Waals surface area contributed by atoms with Gasteiger partial charge in [-0.2, -0.15) is 5.10 Å². The van der Waals surface area contributed by atoms with E-state index in [-0.39, 0.29) is 5.91 Å². The molecule has 4 heterocycles. The van der Waals surface area contributed by atoms with Gasteiger partial charge in [0.2, 0.25) is 0 Å². The van der Waals surface area contributed by atoms with Crippen molar-refractivity contribution >= 4 is 11.7 Å². The van der Waals surface area contributed by atoms with Crippen molar-refractivity contribution in [2.24, 2.45) is 0 Å². The highest BCUT2D eigenvalue weighted by atomic mass is 16.2. The Kier molecular flexibility index (Phi) is 4.30. The molecule has 0 aliphatic carbocycles. The molecule has 1 saturated heterocycles. The van der Waals surface area contributed by atoms with Crippen LogP contribution in [-0.2, 0) is 0 Å². The molecular formula is C18H19N7O. The topological polar surface area (TPSA) is 80.0 Å². The van der Waals surface area contributed by atoms with Crippen molar-refractivity contribution < 1.29 is 4.79 Å². The van der Waals surface area contributed by atoms with Crippen LogP contribution in [0.5, 0.6) is 0 Å². The van der Waals surface area contributed by atoms with Gasteiger partial charge in [0.1, 0.15) is 17.3 Å². The van der Waals surface area contributed by atoms with Crippen LogP contribution in [0, 0.1) is 6.92 Å². The summed E-state index contributed by atoms with van der Waals surface area (Å²) in [4.78, 5) is 29.7. The zero-order valence-electron chi connectivity index (χ0n) is 14.5. The number of amides is 1. The predicted molar refractivity (Wildman–Crippen MR) is 96.2 cm³/mol. The normalized spacial score (nSPS) is 14.5. The zero-order chi connectivity index (χ0) is 17.9. The number of pyridine rings is 1. The molecule has 132 valence electrons. The summed E-state index contributed by atoms with van der Waals surface area (Å²) in [5.74, 6) is 2.26. The molecule has 8 heteroatoms. The molecule has 0 radical (unpaired) electrons. The van der Waals surface area contributed by atoms with Gasteiger partial charge in [0, 0.05) is 50.8 Å². The molecule has 26 heavy (non-hydrogen) atoms. The summed E-state index contributed by atoms with van der Waals surface area (Å²) >= 11 is 0. The number of hydrogen-bond acceptors (Lipinski definition) is 6. The Balaban J connectivity index is 1.47. The number of nitrogens with zero attached hydrogens (tertiary/aromatic N) is 7. The molecule has 1 aliphatic heterocycles. The summed E-state index contributed by atoms with van der Waals surface area (Å²) in [6.07, 6.45) is 5.22. The molecule has 0 unspecified atom stereocenters. The number of carbonyl (C=O) groups is 1. The SMILES string of the molecule is Cc1nc(N2CCN(C(=O)c3ccccn3)CC2)cc(-n2cccn2)n1. The van der Waals surface area contributed by atoms with Crippen LogP contribution >= 0.6 is 0 Å². The molecule has 0 spiro atoms. The van der Waals surface area contributed by atoms with Crippen molar-refractivity contribution in [3.05, 3.63) is 60.4 Å². The van der Waals surface area contributed by atoms with Crippen LogP contribution in [0.2, 0.25) is 0 Å². The fourth-order valence-corrected chi connectivity index (χ4v) is 3.01. The lowest BCUT2D eigenvalue weighted by Crippen LogP contribution is -2.49. The van der Waals surface area contributed by atoms with E-state index in [4.69, 9.17) is 0 Å². The summed E-state index contributed by atoms with van der Waals surface area (Å²) in [6, 6.07) is 9.18. The van der Waals surface area contributed by atoms with Gasteiger partial charge >= 0.3 is 0 Å². The largest absolute Gasteiger partial charge is 0.353 e. The van der Waals surface area contributed by atoms with Gasteiger partial charge in [0.25, 0.3) is 5.91 Å². The first-order chi connectivity index (χ1) is 12.7. The number of carbonyl (C=O) groups excluding carboxylic acids is 1. The lowest BCUT2D eigenvalue weighted by molar-refractivity contribution is 0.0740. The summed E-state index contributed by atoms with van der Waals surface area (Å²) in [6.45, 7) is 4.57. The average molecular weight is 349 g/mol. The van der Waals surface area contributed by atoms with Crippen molar-refractivity contribution in [3.63, 3.8) is 0 Å². The van der Waals surface area contributed by atoms with Gasteiger partial charge in [-0.1, -0.05) is 6.07 Å². The van der Waals surface area contributed by atoms with Gasteiger partial charge in [0.15, 0.2) is 5.82 Å². The van der Waals surface area contributed by atoms with Crippen LogP contribution in [0.25, 0.3) is 5.82 Å². The third-order valence-corrected chi connectivity index (χ3v) is 4.32. The van der Waals surface area contributed by atoms with Gasteiger partial charge in [-0.15, -0.1) is 0 Å². The molecule has 4 rings (SSSR count). The zero-order valence-corrected chi connectivity index (χ0v) is 14.5.